The van der Waals surface area contributed by atoms with Crippen molar-refractivity contribution in [2.75, 3.05) is 43.5 Å². The summed E-state index contributed by atoms with van der Waals surface area (Å²) in [7, 11) is 0. The maximum absolute atomic E-state index is 16.9. The molecule has 0 radical (unpaired) electrons. The van der Waals surface area contributed by atoms with Crippen molar-refractivity contribution in [3.05, 3.63) is 41.0 Å². The first-order chi connectivity index (χ1) is 22.0. The zero-order chi connectivity index (χ0) is 32.1. The molecule has 4 saturated heterocycles. The summed E-state index contributed by atoms with van der Waals surface area (Å²) >= 11 is 0.698. The quantitative estimate of drug-likeness (QED) is 0.253. The molecule has 0 spiro atoms. The van der Waals surface area contributed by atoms with Gasteiger partial charge in [-0.25, -0.2) is 13.2 Å². The molecule has 4 aliphatic heterocycles. The summed E-state index contributed by atoms with van der Waals surface area (Å²) in [6.07, 6.45) is -3.78. The van der Waals surface area contributed by atoms with Crippen LogP contribution in [0.25, 0.3) is 32.1 Å². The van der Waals surface area contributed by atoms with Gasteiger partial charge in [-0.3, -0.25) is 4.90 Å². The summed E-state index contributed by atoms with van der Waals surface area (Å²) in [6.45, 7) is 1.69. The van der Waals surface area contributed by atoms with Gasteiger partial charge < -0.3 is 20.1 Å². The first-order valence-electron chi connectivity index (χ1n) is 14.9. The van der Waals surface area contributed by atoms with E-state index in [2.05, 4.69) is 9.97 Å². The van der Waals surface area contributed by atoms with E-state index >= 15 is 4.39 Å². The fraction of sp³-hybridized carbons (Fsp3) is 0.452. The Balaban J connectivity index is 1.35. The Morgan fingerprint density at radius 2 is 2.04 bits per heavy atom. The van der Waals surface area contributed by atoms with E-state index in [1.165, 1.54) is 0 Å². The van der Waals surface area contributed by atoms with Crippen molar-refractivity contribution >= 4 is 43.1 Å². The second kappa shape index (κ2) is 10.3. The third kappa shape index (κ3) is 4.40. The highest BCUT2D eigenvalue weighted by Gasteiger charge is 2.50. The van der Waals surface area contributed by atoms with E-state index in [0.29, 0.717) is 43.9 Å². The van der Waals surface area contributed by atoms with Crippen LogP contribution in [0.1, 0.15) is 36.8 Å². The minimum absolute atomic E-state index is 0.0287. The van der Waals surface area contributed by atoms with Gasteiger partial charge in [0.1, 0.15) is 41.0 Å². The standard InChI is InChI=1S/C31H26F6N6O2S/c32-14-8-30(4-1-5-42(30)10-14)13-45-29-40-25-18(28(41-29)43-11-16-6-15(43)12-44-16)7-20(31(35,36)37)23(24(25)34)17-2-3-21(33)26-22(17)19(9-38)27(39)46-26/h2-3,7,14-16H,1,4-6,8,10-13,39H2. The third-order valence-corrected chi connectivity index (χ3v) is 10.8. The lowest BCUT2D eigenvalue weighted by atomic mass is 9.92. The Morgan fingerprint density at radius 1 is 1.22 bits per heavy atom. The van der Waals surface area contributed by atoms with E-state index in [1.807, 2.05) is 11.0 Å². The molecule has 240 valence electrons. The van der Waals surface area contributed by atoms with Crippen LogP contribution in [-0.4, -0.2) is 71.6 Å². The molecule has 8 rings (SSSR count). The summed E-state index contributed by atoms with van der Waals surface area (Å²) < 4.78 is 102. The van der Waals surface area contributed by atoms with Gasteiger partial charge in [-0.15, -0.1) is 11.3 Å². The molecule has 4 fully saturated rings. The highest BCUT2D eigenvalue weighted by atomic mass is 32.1. The molecule has 2 aromatic carbocycles. The predicted molar refractivity (Wildman–Crippen MR) is 158 cm³/mol. The number of thiophene rings is 1. The van der Waals surface area contributed by atoms with E-state index in [-0.39, 0.29) is 75.1 Å². The van der Waals surface area contributed by atoms with Crippen LogP contribution >= 0.6 is 11.3 Å². The topological polar surface area (TPSA) is 101 Å². The summed E-state index contributed by atoms with van der Waals surface area (Å²) in [5, 5.41) is 9.28. The number of aromatic nitrogens is 2. The van der Waals surface area contributed by atoms with Crippen molar-refractivity contribution < 1.29 is 35.8 Å². The van der Waals surface area contributed by atoms with Crippen molar-refractivity contribution in [2.24, 2.45) is 0 Å². The van der Waals surface area contributed by atoms with Gasteiger partial charge in [0.05, 0.1) is 40.1 Å². The zero-order valence-electron chi connectivity index (χ0n) is 24.1. The number of nitrogen functional groups attached to an aromatic ring is 1. The smallest absolute Gasteiger partial charge is 0.417 e. The van der Waals surface area contributed by atoms with Crippen molar-refractivity contribution in [1.29, 1.82) is 5.26 Å². The molecule has 0 amide bonds. The number of nitrogens with two attached hydrogens (primary N) is 1. The number of alkyl halides is 4. The number of hydrogen-bond acceptors (Lipinski definition) is 9. The van der Waals surface area contributed by atoms with Gasteiger partial charge in [0.2, 0.25) is 0 Å². The molecule has 2 N–H and O–H groups in total. The first-order valence-corrected chi connectivity index (χ1v) is 15.7. The van der Waals surface area contributed by atoms with Gasteiger partial charge in [-0.1, -0.05) is 6.07 Å². The van der Waals surface area contributed by atoms with Gasteiger partial charge in [-0.05, 0) is 43.5 Å². The fourth-order valence-corrected chi connectivity index (χ4v) is 8.73. The van der Waals surface area contributed by atoms with Crippen LogP contribution in [0.15, 0.2) is 18.2 Å². The van der Waals surface area contributed by atoms with E-state index in [1.54, 1.807) is 4.90 Å². The van der Waals surface area contributed by atoms with Crippen LogP contribution in [0, 0.1) is 23.0 Å². The Kier molecular flexibility index (Phi) is 6.62. The molecule has 6 heterocycles. The second-order valence-electron chi connectivity index (χ2n) is 12.5. The zero-order valence-corrected chi connectivity index (χ0v) is 25.0. The second-order valence-corrected chi connectivity index (χ2v) is 13.5. The molecule has 4 unspecified atom stereocenters. The normalized spacial score (nSPS) is 26.0. The molecule has 2 aromatic heterocycles. The van der Waals surface area contributed by atoms with Gasteiger partial charge in [0.15, 0.2) is 5.82 Å². The number of morpholine rings is 1. The molecule has 4 aromatic rings. The van der Waals surface area contributed by atoms with Gasteiger partial charge in [0, 0.05) is 35.8 Å². The number of benzene rings is 2. The number of rotatable bonds is 5. The molecule has 15 heteroatoms. The van der Waals surface area contributed by atoms with Crippen molar-refractivity contribution in [3.8, 4) is 23.2 Å². The van der Waals surface area contributed by atoms with Crippen molar-refractivity contribution in [3.63, 3.8) is 0 Å². The Bertz CT molecular complexity index is 1960. The van der Waals surface area contributed by atoms with E-state index < -0.39 is 46.2 Å². The fourth-order valence-electron chi connectivity index (χ4n) is 7.78. The van der Waals surface area contributed by atoms with E-state index in [9.17, 15) is 27.2 Å². The first kappa shape index (κ1) is 29.5. The van der Waals surface area contributed by atoms with Crippen LogP contribution in [-0.2, 0) is 10.9 Å². The minimum atomic E-state index is -5.06. The highest BCUT2D eigenvalue weighted by Crippen LogP contribution is 2.49. The van der Waals surface area contributed by atoms with Crippen molar-refractivity contribution in [1.82, 2.24) is 14.9 Å². The predicted octanol–water partition coefficient (Wildman–Crippen LogP) is 6.20. The summed E-state index contributed by atoms with van der Waals surface area (Å²) in [4.78, 5) is 12.7. The molecular weight excluding hydrogens is 634 g/mol. The lowest BCUT2D eigenvalue weighted by Gasteiger charge is -2.32. The SMILES string of the molecule is N#Cc1c(N)sc2c(F)ccc(-c3c(C(F)(F)F)cc4c(N5CC6CC5CO6)nc(OCC56CCCN5CC(F)C6)nc4c3F)c12. The number of hydrogen-bond donors (Lipinski definition) is 1. The van der Waals surface area contributed by atoms with Gasteiger partial charge >= 0.3 is 12.2 Å². The van der Waals surface area contributed by atoms with Crippen LogP contribution < -0.4 is 15.4 Å². The molecule has 0 aliphatic carbocycles. The molecule has 0 saturated carbocycles. The van der Waals surface area contributed by atoms with Crippen LogP contribution in [0.4, 0.5) is 37.2 Å². The van der Waals surface area contributed by atoms with Crippen LogP contribution in [0.2, 0.25) is 0 Å². The maximum Gasteiger partial charge on any atom is 0.417 e. The monoisotopic (exact) mass is 660 g/mol. The number of halogens is 6. The van der Waals surface area contributed by atoms with Crippen LogP contribution in [0.5, 0.6) is 6.01 Å². The number of fused-ring (bicyclic) bond motifs is 5. The van der Waals surface area contributed by atoms with E-state index in [4.69, 9.17) is 15.2 Å². The molecular formula is C31H26F6N6O2S. The number of ether oxygens (including phenoxy) is 2. The van der Waals surface area contributed by atoms with E-state index in [0.717, 1.165) is 24.6 Å². The lowest BCUT2D eigenvalue weighted by molar-refractivity contribution is -0.137. The summed E-state index contributed by atoms with van der Waals surface area (Å²) in [5.41, 5.74) is 2.12. The Hall–Kier alpha value is -3.87. The Labute approximate surface area is 262 Å². The highest BCUT2D eigenvalue weighted by molar-refractivity contribution is 7.23. The molecule has 8 nitrogen and oxygen atoms in total. The lowest BCUT2D eigenvalue weighted by Crippen LogP contribution is -2.43. The number of anilines is 2. The van der Waals surface area contributed by atoms with Crippen LogP contribution in [0.3, 0.4) is 0 Å². The van der Waals surface area contributed by atoms with Crippen molar-refractivity contribution in [2.45, 2.75) is 55.7 Å². The van der Waals surface area contributed by atoms with Gasteiger partial charge in [0.25, 0.3) is 0 Å². The number of nitrogens with zero attached hydrogens (tertiary/aromatic N) is 5. The Morgan fingerprint density at radius 3 is 2.76 bits per heavy atom. The largest absolute Gasteiger partial charge is 0.461 e. The minimum Gasteiger partial charge on any atom is -0.461 e. The molecule has 4 aliphatic rings. The summed E-state index contributed by atoms with van der Waals surface area (Å²) in [6, 6.07) is 4.13. The number of nitriles is 1. The van der Waals surface area contributed by atoms with Gasteiger partial charge in [-0.2, -0.15) is 28.4 Å². The average molecular weight is 661 g/mol. The molecule has 46 heavy (non-hydrogen) atoms. The molecule has 4 atom stereocenters. The molecule has 2 bridgehead atoms. The summed E-state index contributed by atoms with van der Waals surface area (Å²) in [5.74, 6) is -2.06. The third-order valence-electron chi connectivity index (χ3n) is 9.80. The maximum atomic E-state index is 16.9. The average Bonchev–Trinajstić information content (AvgIpc) is 3.83.